The summed E-state index contributed by atoms with van der Waals surface area (Å²) in [5.74, 6) is -0.858. The van der Waals surface area contributed by atoms with Gasteiger partial charge in [-0.2, -0.15) is 10.1 Å². The maximum absolute atomic E-state index is 14.9. The number of nitrogens with zero attached hydrogens (tertiary/aromatic N) is 6. The van der Waals surface area contributed by atoms with Crippen molar-refractivity contribution in [3.05, 3.63) is 65.1 Å². The average Bonchev–Trinajstić information content (AvgIpc) is 3.55. The molecule has 1 saturated carbocycles. The van der Waals surface area contributed by atoms with E-state index in [1.807, 2.05) is 37.7 Å². The second-order valence-corrected chi connectivity index (χ2v) is 9.58. The van der Waals surface area contributed by atoms with Crippen LogP contribution in [0.1, 0.15) is 48.7 Å². The van der Waals surface area contributed by atoms with Crippen molar-refractivity contribution in [2.45, 2.75) is 51.9 Å². The summed E-state index contributed by atoms with van der Waals surface area (Å²) in [6.07, 6.45) is 5.99. The smallest absolute Gasteiger partial charge is 0.228 e. The summed E-state index contributed by atoms with van der Waals surface area (Å²) < 4.78 is 36.8. The van der Waals surface area contributed by atoms with Crippen molar-refractivity contribution in [2.75, 3.05) is 18.0 Å². The van der Waals surface area contributed by atoms with Gasteiger partial charge in [0, 0.05) is 41.0 Å². The number of morpholine rings is 1. The monoisotopic (exact) mass is 476 g/mol. The van der Waals surface area contributed by atoms with Gasteiger partial charge in [-0.3, -0.25) is 4.68 Å². The van der Waals surface area contributed by atoms with E-state index in [-0.39, 0.29) is 17.8 Å². The molecule has 6 rings (SSSR count). The average molecular weight is 477 g/mol. The molecule has 0 N–H and O–H groups in total. The van der Waals surface area contributed by atoms with E-state index < -0.39 is 11.6 Å². The Hall–Kier alpha value is -3.46. The lowest BCUT2D eigenvalue weighted by atomic mass is 10.1. The minimum Gasteiger partial charge on any atom is -0.367 e. The van der Waals surface area contributed by atoms with Crippen LogP contribution in [0.5, 0.6) is 0 Å². The Morgan fingerprint density at radius 3 is 2.63 bits per heavy atom. The molecule has 180 valence electrons. The molecule has 4 aromatic rings. The number of pyridine rings is 1. The Bertz CT molecular complexity index is 1430. The summed E-state index contributed by atoms with van der Waals surface area (Å²) in [6, 6.07) is 5.95. The zero-order valence-corrected chi connectivity index (χ0v) is 19.9. The zero-order chi connectivity index (χ0) is 24.3. The number of hydrogen-bond acceptors (Lipinski definition) is 6. The molecule has 35 heavy (non-hydrogen) atoms. The lowest BCUT2D eigenvalue weighted by molar-refractivity contribution is -0.0178. The van der Waals surface area contributed by atoms with Crippen molar-refractivity contribution in [1.29, 1.82) is 0 Å². The molecular formula is C26H26F2N6O. The van der Waals surface area contributed by atoms with Crippen LogP contribution in [0.4, 0.5) is 14.7 Å². The number of anilines is 1. The maximum atomic E-state index is 14.9. The third kappa shape index (κ3) is 4.14. The van der Waals surface area contributed by atoms with Gasteiger partial charge in [-0.15, -0.1) is 0 Å². The first-order valence-corrected chi connectivity index (χ1v) is 11.9. The molecule has 1 aliphatic heterocycles. The van der Waals surface area contributed by atoms with Gasteiger partial charge in [0.25, 0.3) is 0 Å². The van der Waals surface area contributed by atoms with Crippen molar-refractivity contribution in [3.63, 3.8) is 0 Å². The fourth-order valence-electron chi connectivity index (χ4n) is 4.62. The molecule has 0 spiro atoms. The van der Waals surface area contributed by atoms with Gasteiger partial charge >= 0.3 is 0 Å². The fourth-order valence-corrected chi connectivity index (χ4v) is 4.62. The number of aryl methyl sites for hydroxylation is 2. The predicted octanol–water partition coefficient (Wildman–Crippen LogP) is 5.08. The van der Waals surface area contributed by atoms with Crippen molar-refractivity contribution >= 4 is 17.0 Å². The molecule has 0 amide bonds. The third-order valence-electron chi connectivity index (χ3n) is 6.76. The highest BCUT2D eigenvalue weighted by Gasteiger charge is 2.31. The number of fused-ring (bicyclic) bond motifs is 1. The molecular weight excluding hydrogens is 450 g/mol. The molecule has 1 aromatic carbocycles. The normalized spacial score (nSPS) is 20.5. The first-order valence-electron chi connectivity index (χ1n) is 11.9. The van der Waals surface area contributed by atoms with Gasteiger partial charge < -0.3 is 9.64 Å². The molecule has 2 atom stereocenters. The quantitative estimate of drug-likeness (QED) is 0.409. The zero-order valence-electron chi connectivity index (χ0n) is 19.9. The van der Waals surface area contributed by atoms with E-state index in [0.717, 1.165) is 35.7 Å². The van der Waals surface area contributed by atoms with Crippen LogP contribution in [0, 0.1) is 25.5 Å². The standard InChI is InChI=1S/C26H26F2N6O/c1-14-8-21-24(20-7-4-18(27)9-22(20)28)31-26(32-25(21)30-16(14)3)33-11-15(2)35-23(13-33)17-10-29-34(12-17)19-5-6-19/h4,7-10,12,15,19,23H,5-6,11,13H2,1-3H3. The second-order valence-electron chi connectivity index (χ2n) is 9.58. The fraction of sp³-hybridized carbons (Fsp3) is 0.385. The molecule has 2 fully saturated rings. The molecule has 7 nitrogen and oxygen atoms in total. The summed E-state index contributed by atoms with van der Waals surface area (Å²) in [4.78, 5) is 16.3. The summed E-state index contributed by atoms with van der Waals surface area (Å²) in [7, 11) is 0. The molecule has 2 aliphatic rings. The second kappa shape index (κ2) is 8.34. The SMILES string of the molecule is Cc1cc2c(-c3ccc(F)cc3F)nc(N3CC(C)OC(c4cnn(C5CC5)c4)C3)nc2nc1C. The van der Waals surface area contributed by atoms with E-state index in [4.69, 9.17) is 14.7 Å². The van der Waals surface area contributed by atoms with Crippen LogP contribution in [-0.4, -0.2) is 43.9 Å². The Balaban J connectivity index is 1.43. The summed E-state index contributed by atoms with van der Waals surface area (Å²) in [6.45, 7) is 6.98. The van der Waals surface area contributed by atoms with E-state index in [1.54, 1.807) is 0 Å². The van der Waals surface area contributed by atoms with Gasteiger partial charge in [0.2, 0.25) is 5.95 Å². The topological polar surface area (TPSA) is 69.0 Å². The molecule has 2 unspecified atom stereocenters. The van der Waals surface area contributed by atoms with E-state index in [2.05, 4.69) is 21.2 Å². The molecule has 4 heterocycles. The largest absolute Gasteiger partial charge is 0.367 e. The summed E-state index contributed by atoms with van der Waals surface area (Å²) >= 11 is 0. The molecule has 0 bridgehead atoms. The van der Waals surface area contributed by atoms with Crippen molar-refractivity contribution in [1.82, 2.24) is 24.7 Å². The third-order valence-corrected chi connectivity index (χ3v) is 6.76. The van der Waals surface area contributed by atoms with Crippen molar-refractivity contribution < 1.29 is 13.5 Å². The Morgan fingerprint density at radius 1 is 1.03 bits per heavy atom. The predicted molar refractivity (Wildman–Crippen MR) is 128 cm³/mol. The van der Waals surface area contributed by atoms with E-state index in [9.17, 15) is 8.78 Å². The van der Waals surface area contributed by atoms with Gasteiger partial charge in [0.15, 0.2) is 5.65 Å². The number of ether oxygens (including phenoxy) is 1. The van der Waals surface area contributed by atoms with Crippen LogP contribution in [0.3, 0.4) is 0 Å². The first-order chi connectivity index (χ1) is 16.9. The highest BCUT2D eigenvalue weighted by atomic mass is 19.1. The van der Waals surface area contributed by atoms with Crippen LogP contribution in [0.15, 0.2) is 36.7 Å². The Morgan fingerprint density at radius 2 is 1.86 bits per heavy atom. The summed E-state index contributed by atoms with van der Waals surface area (Å²) in [5, 5.41) is 5.14. The van der Waals surface area contributed by atoms with Crippen LogP contribution in [0.2, 0.25) is 0 Å². The van der Waals surface area contributed by atoms with E-state index in [0.29, 0.717) is 41.8 Å². The molecule has 9 heteroatoms. The van der Waals surface area contributed by atoms with Gasteiger partial charge in [-0.25, -0.2) is 18.7 Å². The van der Waals surface area contributed by atoms with Crippen LogP contribution >= 0.6 is 0 Å². The lowest BCUT2D eigenvalue weighted by Gasteiger charge is -2.36. The van der Waals surface area contributed by atoms with E-state index in [1.165, 1.54) is 12.1 Å². The number of halogens is 2. The van der Waals surface area contributed by atoms with Gasteiger partial charge in [-0.05, 0) is 57.4 Å². The maximum Gasteiger partial charge on any atom is 0.228 e. The molecule has 1 aliphatic carbocycles. The van der Waals surface area contributed by atoms with Crippen LogP contribution in [0.25, 0.3) is 22.3 Å². The number of rotatable bonds is 4. The lowest BCUT2D eigenvalue weighted by Crippen LogP contribution is -2.43. The molecule has 1 saturated heterocycles. The minimum atomic E-state index is -0.671. The van der Waals surface area contributed by atoms with Crippen LogP contribution < -0.4 is 4.90 Å². The highest BCUT2D eigenvalue weighted by molar-refractivity contribution is 5.92. The Labute approximate surface area is 201 Å². The van der Waals surface area contributed by atoms with Crippen molar-refractivity contribution in [3.8, 4) is 11.3 Å². The summed E-state index contributed by atoms with van der Waals surface area (Å²) in [5.41, 5.74) is 3.90. The minimum absolute atomic E-state index is 0.0731. The highest BCUT2D eigenvalue weighted by Crippen LogP contribution is 2.36. The van der Waals surface area contributed by atoms with Crippen molar-refractivity contribution in [2.24, 2.45) is 0 Å². The van der Waals surface area contributed by atoms with E-state index >= 15 is 0 Å². The number of aromatic nitrogens is 5. The molecule has 3 aromatic heterocycles. The number of benzene rings is 1. The van der Waals surface area contributed by atoms with Gasteiger partial charge in [0.1, 0.15) is 17.7 Å². The first kappa shape index (κ1) is 22.0. The van der Waals surface area contributed by atoms with Gasteiger partial charge in [-0.1, -0.05) is 0 Å². The number of hydrogen-bond donors (Lipinski definition) is 0. The van der Waals surface area contributed by atoms with Crippen LogP contribution in [-0.2, 0) is 4.74 Å². The molecule has 0 radical (unpaired) electrons. The van der Waals surface area contributed by atoms with Gasteiger partial charge in [0.05, 0.1) is 30.6 Å². The Kier molecular flexibility index (Phi) is 5.25.